The number of allylic oxidation sites excluding steroid dienone is 1. The molecule has 8 heteroatoms. The van der Waals surface area contributed by atoms with Crippen molar-refractivity contribution in [2.45, 2.75) is 31.6 Å². The van der Waals surface area contributed by atoms with Crippen molar-refractivity contribution in [3.8, 4) is 6.07 Å². The molecule has 0 spiro atoms. The number of rotatable bonds is 4. The zero-order valence-electron chi connectivity index (χ0n) is 20.0. The van der Waals surface area contributed by atoms with Crippen molar-refractivity contribution >= 4 is 28.6 Å². The molecule has 0 fully saturated rings. The molecule has 0 radical (unpaired) electrons. The monoisotopic (exact) mass is 483 g/mol. The van der Waals surface area contributed by atoms with Crippen LogP contribution in [0.5, 0.6) is 0 Å². The lowest BCUT2D eigenvalue weighted by atomic mass is 9.81. The molecule has 1 aliphatic heterocycles. The minimum atomic E-state index is -0.919. The van der Waals surface area contributed by atoms with Gasteiger partial charge >= 0.3 is 11.9 Å². The number of nitrogens with zero attached hydrogens (tertiary/aromatic N) is 2. The van der Waals surface area contributed by atoms with Crippen LogP contribution in [0.1, 0.15) is 35.6 Å². The van der Waals surface area contributed by atoms with Crippen LogP contribution in [-0.4, -0.2) is 26.2 Å². The number of ether oxygens (including phenoxy) is 2. The van der Waals surface area contributed by atoms with E-state index in [2.05, 4.69) is 6.07 Å². The number of para-hydroxylation sites is 1. The maximum Gasteiger partial charge on any atom is 0.355 e. The number of esters is 2. The summed E-state index contributed by atoms with van der Waals surface area (Å²) in [7, 11) is 2.46. The molecule has 1 atom stereocenters. The Kier molecular flexibility index (Phi) is 5.98. The van der Waals surface area contributed by atoms with E-state index in [0.717, 1.165) is 42.4 Å². The standard InChI is InChI=1S/C28H25N3O5/c1-34-27(32)23-22(16-9-4-3-5-10-16)19(15-29)26(30)31(24(23)28(33)35-2)20-13-8-12-18-17-11-6-7-14-21(17)36-25(18)20/h3-5,8-10,12-13,22H,6-7,11,14,30H2,1-2H3. The summed E-state index contributed by atoms with van der Waals surface area (Å²) in [5.41, 5.74) is 9.34. The fourth-order valence-corrected chi connectivity index (χ4v) is 5.21. The molecule has 182 valence electrons. The van der Waals surface area contributed by atoms with Crippen LogP contribution < -0.4 is 10.6 Å². The predicted octanol–water partition coefficient (Wildman–Crippen LogP) is 4.21. The summed E-state index contributed by atoms with van der Waals surface area (Å²) in [6.07, 6.45) is 3.81. The Morgan fingerprint density at radius 1 is 1.03 bits per heavy atom. The van der Waals surface area contributed by atoms with Gasteiger partial charge in [-0.2, -0.15) is 5.26 Å². The summed E-state index contributed by atoms with van der Waals surface area (Å²) in [5, 5.41) is 11.1. The van der Waals surface area contributed by atoms with Crippen molar-refractivity contribution < 1.29 is 23.5 Å². The van der Waals surface area contributed by atoms with Crippen LogP contribution in [-0.2, 0) is 31.9 Å². The molecule has 1 aromatic heterocycles. The van der Waals surface area contributed by atoms with Crippen LogP contribution in [0.25, 0.3) is 11.0 Å². The molecule has 3 aromatic rings. The molecule has 36 heavy (non-hydrogen) atoms. The molecular formula is C28H25N3O5. The lowest BCUT2D eigenvalue weighted by Gasteiger charge is -2.35. The third kappa shape index (κ3) is 3.52. The van der Waals surface area contributed by atoms with Gasteiger partial charge in [0.1, 0.15) is 17.3 Å². The largest absolute Gasteiger partial charge is 0.466 e. The highest BCUT2D eigenvalue weighted by atomic mass is 16.5. The van der Waals surface area contributed by atoms with Gasteiger partial charge in [-0.15, -0.1) is 0 Å². The summed E-state index contributed by atoms with van der Waals surface area (Å²) in [5.74, 6) is -1.55. The molecule has 0 bridgehead atoms. The van der Waals surface area contributed by atoms with E-state index in [1.165, 1.54) is 19.1 Å². The van der Waals surface area contributed by atoms with Gasteiger partial charge in [-0.25, -0.2) is 9.59 Å². The van der Waals surface area contributed by atoms with Crippen LogP contribution >= 0.6 is 0 Å². The zero-order chi connectivity index (χ0) is 25.4. The molecule has 0 saturated heterocycles. The highest BCUT2D eigenvalue weighted by molar-refractivity contribution is 6.08. The number of anilines is 1. The maximum atomic E-state index is 13.3. The van der Waals surface area contributed by atoms with Crippen LogP contribution in [0.2, 0.25) is 0 Å². The third-order valence-electron chi connectivity index (χ3n) is 6.81. The Morgan fingerprint density at radius 3 is 2.44 bits per heavy atom. The van der Waals surface area contributed by atoms with Gasteiger partial charge in [0.05, 0.1) is 43.0 Å². The molecule has 2 N–H and O–H groups in total. The minimum Gasteiger partial charge on any atom is -0.466 e. The molecule has 1 unspecified atom stereocenters. The van der Waals surface area contributed by atoms with Crippen LogP contribution in [0, 0.1) is 11.3 Å². The highest BCUT2D eigenvalue weighted by Crippen LogP contribution is 2.46. The first-order valence-corrected chi connectivity index (χ1v) is 11.7. The molecule has 8 nitrogen and oxygen atoms in total. The summed E-state index contributed by atoms with van der Waals surface area (Å²) in [6.45, 7) is 0. The minimum absolute atomic E-state index is 0.0151. The van der Waals surface area contributed by atoms with E-state index in [1.807, 2.05) is 18.2 Å². The molecule has 2 aliphatic rings. The topological polar surface area (TPSA) is 119 Å². The van der Waals surface area contributed by atoms with E-state index in [0.29, 0.717) is 16.8 Å². The number of nitrogens with two attached hydrogens (primary N) is 1. The van der Waals surface area contributed by atoms with Crippen molar-refractivity contribution in [2.24, 2.45) is 5.73 Å². The van der Waals surface area contributed by atoms with Crippen molar-refractivity contribution in [1.29, 1.82) is 5.26 Å². The van der Waals surface area contributed by atoms with Gasteiger partial charge in [-0.05, 0) is 30.9 Å². The number of hydrogen-bond acceptors (Lipinski definition) is 8. The number of aryl methyl sites for hydroxylation is 2. The lowest BCUT2D eigenvalue weighted by Crippen LogP contribution is -2.40. The first-order valence-electron chi connectivity index (χ1n) is 11.7. The van der Waals surface area contributed by atoms with Gasteiger partial charge in [0, 0.05) is 17.4 Å². The Balaban J connectivity index is 1.85. The molecule has 0 saturated carbocycles. The summed E-state index contributed by atoms with van der Waals surface area (Å²) >= 11 is 0. The average molecular weight is 484 g/mol. The first-order chi connectivity index (χ1) is 17.5. The van der Waals surface area contributed by atoms with Gasteiger partial charge in [0.25, 0.3) is 0 Å². The SMILES string of the molecule is COC(=O)C1=C(C(=O)OC)N(c2cccc3c4c(oc23)CCCC4)C(N)=C(C#N)C1c1ccccc1. The van der Waals surface area contributed by atoms with E-state index in [-0.39, 0.29) is 22.7 Å². The normalized spacial score (nSPS) is 17.6. The molecule has 2 aromatic carbocycles. The average Bonchev–Trinajstić information content (AvgIpc) is 3.31. The molecule has 1 aliphatic carbocycles. The van der Waals surface area contributed by atoms with E-state index >= 15 is 0 Å². The Morgan fingerprint density at radius 2 is 1.75 bits per heavy atom. The van der Waals surface area contributed by atoms with E-state index in [1.54, 1.807) is 30.3 Å². The van der Waals surface area contributed by atoms with E-state index in [9.17, 15) is 14.9 Å². The van der Waals surface area contributed by atoms with Crippen molar-refractivity contribution in [3.05, 3.63) is 88.1 Å². The summed E-state index contributed by atoms with van der Waals surface area (Å²) < 4.78 is 16.5. The van der Waals surface area contributed by atoms with Gasteiger partial charge in [0.15, 0.2) is 5.58 Å². The number of furan rings is 1. The van der Waals surface area contributed by atoms with Gasteiger partial charge in [-0.3, -0.25) is 4.90 Å². The first kappa shape index (κ1) is 23.2. The second kappa shape index (κ2) is 9.27. The molecule has 5 rings (SSSR count). The number of fused-ring (bicyclic) bond motifs is 3. The Hall–Kier alpha value is -4.51. The molecule has 0 amide bonds. The molecular weight excluding hydrogens is 458 g/mol. The van der Waals surface area contributed by atoms with Gasteiger partial charge in [0.2, 0.25) is 0 Å². The highest BCUT2D eigenvalue weighted by Gasteiger charge is 2.43. The van der Waals surface area contributed by atoms with Gasteiger partial charge < -0.3 is 19.6 Å². The fraction of sp³-hybridized carbons (Fsp3) is 0.250. The Labute approximate surface area is 208 Å². The van der Waals surface area contributed by atoms with Gasteiger partial charge in [-0.1, -0.05) is 42.5 Å². The maximum absolute atomic E-state index is 13.3. The number of carbonyl (C=O) groups excluding carboxylic acids is 2. The van der Waals surface area contributed by atoms with E-state index < -0.39 is 17.9 Å². The van der Waals surface area contributed by atoms with Crippen molar-refractivity contribution in [3.63, 3.8) is 0 Å². The fourth-order valence-electron chi connectivity index (χ4n) is 5.21. The Bertz CT molecular complexity index is 1480. The van der Waals surface area contributed by atoms with Crippen LogP contribution in [0.4, 0.5) is 5.69 Å². The second-order valence-corrected chi connectivity index (χ2v) is 8.70. The second-order valence-electron chi connectivity index (χ2n) is 8.70. The van der Waals surface area contributed by atoms with Crippen molar-refractivity contribution in [1.82, 2.24) is 0 Å². The quantitative estimate of drug-likeness (QED) is 0.548. The third-order valence-corrected chi connectivity index (χ3v) is 6.81. The van der Waals surface area contributed by atoms with Crippen LogP contribution in [0.15, 0.2) is 75.6 Å². The lowest BCUT2D eigenvalue weighted by molar-refractivity contribution is -0.139. The number of nitriles is 1. The summed E-state index contributed by atoms with van der Waals surface area (Å²) in [4.78, 5) is 27.9. The van der Waals surface area contributed by atoms with Crippen LogP contribution in [0.3, 0.4) is 0 Å². The molecule has 2 heterocycles. The predicted molar refractivity (Wildman–Crippen MR) is 132 cm³/mol. The summed E-state index contributed by atoms with van der Waals surface area (Å²) in [6, 6.07) is 16.7. The smallest absolute Gasteiger partial charge is 0.355 e. The number of methoxy groups -OCH3 is 2. The number of benzene rings is 2. The van der Waals surface area contributed by atoms with Crippen molar-refractivity contribution in [2.75, 3.05) is 19.1 Å². The number of carbonyl (C=O) groups is 2. The number of hydrogen-bond donors (Lipinski definition) is 1. The zero-order valence-corrected chi connectivity index (χ0v) is 20.0. The van der Waals surface area contributed by atoms with E-state index in [4.69, 9.17) is 19.6 Å².